The predicted octanol–water partition coefficient (Wildman–Crippen LogP) is 2.51. The van der Waals surface area contributed by atoms with E-state index >= 15 is 0 Å². The fourth-order valence-corrected chi connectivity index (χ4v) is 3.91. The summed E-state index contributed by atoms with van der Waals surface area (Å²) in [7, 11) is 0. The number of hydrogen-bond acceptors (Lipinski definition) is 4. The van der Waals surface area contributed by atoms with Gasteiger partial charge < -0.3 is 14.7 Å². The highest BCUT2D eigenvalue weighted by atomic mass is 16.5. The highest BCUT2D eigenvalue weighted by molar-refractivity contribution is 5.33. The van der Waals surface area contributed by atoms with E-state index in [1.54, 1.807) is 0 Å². The van der Waals surface area contributed by atoms with Crippen LogP contribution in [0.1, 0.15) is 38.2 Å². The number of ether oxygens (including phenoxy) is 1. The number of aliphatic hydroxyl groups is 1. The molecule has 3 rings (SSSR count). The molecule has 0 bridgehead atoms. The molecule has 0 saturated carbocycles. The van der Waals surface area contributed by atoms with Gasteiger partial charge in [0, 0.05) is 31.7 Å². The molecule has 0 spiro atoms. The fraction of sp³-hybridized carbons (Fsp3) is 0.684. The third-order valence-electron chi connectivity index (χ3n) is 5.04. The van der Waals surface area contributed by atoms with E-state index < -0.39 is 5.60 Å². The van der Waals surface area contributed by atoms with Crippen molar-refractivity contribution >= 4 is 0 Å². The van der Waals surface area contributed by atoms with Crippen LogP contribution in [0.3, 0.4) is 0 Å². The second-order valence-electron chi connectivity index (χ2n) is 7.06. The first-order valence-electron chi connectivity index (χ1n) is 9.06. The summed E-state index contributed by atoms with van der Waals surface area (Å²) in [6.07, 6.45) is 4.78. The van der Waals surface area contributed by atoms with E-state index in [9.17, 15) is 5.11 Å². The normalized spacial score (nSPS) is 26.5. The monoisotopic (exact) mass is 318 g/mol. The maximum atomic E-state index is 11.0. The molecule has 1 atom stereocenters. The predicted molar refractivity (Wildman–Crippen MR) is 92.7 cm³/mol. The molecule has 0 amide bonds. The zero-order chi connectivity index (χ0) is 16.1. The minimum Gasteiger partial charge on any atom is -0.494 e. The molecular weight excluding hydrogens is 288 g/mol. The highest BCUT2D eigenvalue weighted by Crippen LogP contribution is 2.27. The maximum Gasteiger partial charge on any atom is 0.123 e. The van der Waals surface area contributed by atoms with E-state index in [1.165, 1.54) is 24.8 Å². The molecular formula is C19H30N2O2. The minimum absolute atomic E-state index is 0.544. The van der Waals surface area contributed by atoms with Crippen LogP contribution in [-0.2, 0) is 6.54 Å². The Kier molecular flexibility index (Phi) is 5.57. The van der Waals surface area contributed by atoms with Crippen LogP contribution in [-0.4, -0.2) is 59.8 Å². The van der Waals surface area contributed by atoms with Crippen LogP contribution in [0, 0.1) is 0 Å². The second kappa shape index (κ2) is 7.65. The number of benzene rings is 1. The molecule has 0 aromatic heterocycles. The standard InChI is InChI=1S/C19H30N2O2/c1-2-23-18-9-5-4-8-17(18)14-21-13-10-19(22,16-21)15-20-11-6-3-7-12-20/h4-5,8-9,22H,2-3,6-7,10-16H2,1H3. The van der Waals surface area contributed by atoms with Gasteiger partial charge in [0.15, 0.2) is 0 Å². The Bertz CT molecular complexity index is 502. The Morgan fingerprint density at radius 1 is 1.09 bits per heavy atom. The number of piperidine rings is 1. The number of nitrogens with zero attached hydrogens (tertiary/aromatic N) is 2. The van der Waals surface area contributed by atoms with Crippen LogP contribution >= 0.6 is 0 Å². The van der Waals surface area contributed by atoms with Crippen molar-refractivity contribution in [3.05, 3.63) is 29.8 Å². The van der Waals surface area contributed by atoms with Gasteiger partial charge >= 0.3 is 0 Å². The zero-order valence-electron chi connectivity index (χ0n) is 14.3. The second-order valence-corrected chi connectivity index (χ2v) is 7.06. The average molecular weight is 318 g/mol. The van der Waals surface area contributed by atoms with Crippen molar-refractivity contribution in [3.63, 3.8) is 0 Å². The number of para-hydroxylation sites is 1. The first kappa shape index (κ1) is 16.7. The van der Waals surface area contributed by atoms with Gasteiger partial charge in [-0.05, 0) is 45.3 Å². The smallest absolute Gasteiger partial charge is 0.123 e. The van der Waals surface area contributed by atoms with Gasteiger partial charge in [0.2, 0.25) is 0 Å². The SMILES string of the molecule is CCOc1ccccc1CN1CCC(O)(CN2CCCCC2)C1. The van der Waals surface area contributed by atoms with Gasteiger partial charge in [-0.3, -0.25) is 4.90 Å². The van der Waals surface area contributed by atoms with Gasteiger partial charge in [-0.2, -0.15) is 0 Å². The average Bonchev–Trinajstić information content (AvgIpc) is 2.91. The van der Waals surface area contributed by atoms with Crippen molar-refractivity contribution in [2.75, 3.05) is 39.3 Å². The Balaban J connectivity index is 1.57. The Labute approximate surface area is 140 Å². The van der Waals surface area contributed by atoms with Gasteiger partial charge in [-0.25, -0.2) is 0 Å². The molecule has 4 nitrogen and oxygen atoms in total. The lowest BCUT2D eigenvalue weighted by atomic mass is 10.0. The minimum atomic E-state index is -0.544. The lowest BCUT2D eigenvalue weighted by Crippen LogP contribution is -2.46. The molecule has 23 heavy (non-hydrogen) atoms. The summed E-state index contributed by atoms with van der Waals surface area (Å²) in [5, 5.41) is 11.0. The molecule has 2 fully saturated rings. The van der Waals surface area contributed by atoms with Crippen LogP contribution in [0.5, 0.6) is 5.75 Å². The largest absolute Gasteiger partial charge is 0.494 e. The van der Waals surface area contributed by atoms with Crippen molar-refractivity contribution < 1.29 is 9.84 Å². The zero-order valence-corrected chi connectivity index (χ0v) is 14.3. The molecule has 1 unspecified atom stereocenters. The fourth-order valence-electron chi connectivity index (χ4n) is 3.91. The number of likely N-dealkylation sites (tertiary alicyclic amines) is 2. The van der Waals surface area contributed by atoms with Gasteiger partial charge in [-0.1, -0.05) is 24.6 Å². The molecule has 4 heteroatoms. The van der Waals surface area contributed by atoms with E-state index in [4.69, 9.17) is 4.74 Å². The van der Waals surface area contributed by atoms with Gasteiger partial charge in [-0.15, -0.1) is 0 Å². The molecule has 128 valence electrons. The first-order valence-corrected chi connectivity index (χ1v) is 9.06. The Morgan fingerprint density at radius 3 is 2.65 bits per heavy atom. The maximum absolute atomic E-state index is 11.0. The lowest BCUT2D eigenvalue weighted by Gasteiger charge is -2.33. The molecule has 2 saturated heterocycles. The van der Waals surface area contributed by atoms with Gasteiger partial charge in [0.05, 0.1) is 12.2 Å². The van der Waals surface area contributed by atoms with Crippen LogP contribution in [0.25, 0.3) is 0 Å². The van der Waals surface area contributed by atoms with Crippen molar-refractivity contribution in [2.24, 2.45) is 0 Å². The summed E-state index contributed by atoms with van der Waals surface area (Å²) in [5.74, 6) is 0.974. The molecule has 1 aromatic carbocycles. The van der Waals surface area contributed by atoms with Gasteiger partial charge in [0.25, 0.3) is 0 Å². The summed E-state index contributed by atoms with van der Waals surface area (Å²) < 4.78 is 5.72. The van der Waals surface area contributed by atoms with Crippen molar-refractivity contribution in [1.29, 1.82) is 0 Å². The molecule has 0 radical (unpaired) electrons. The third kappa shape index (κ3) is 4.46. The molecule has 1 aromatic rings. The molecule has 2 aliphatic rings. The van der Waals surface area contributed by atoms with Crippen LogP contribution < -0.4 is 4.74 Å². The Morgan fingerprint density at radius 2 is 1.87 bits per heavy atom. The molecule has 0 aliphatic carbocycles. The van der Waals surface area contributed by atoms with Crippen LogP contribution in [0.2, 0.25) is 0 Å². The number of rotatable bonds is 6. The van der Waals surface area contributed by atoms with Crippen LogP contribution in [0.15, 0.2) is 24.3 Å². The lowest BCUT2D eigenvalue weighted by molar-refractivity contribution is 0.00629. The van der Waals surface area contributed by atoms with Crippen LogP contribution in [0.4, 0.5) is 0 Å². The molecule has 2 aliphatic heterocycles. The van der Waals surface area contributed by atoms with Crippen molar-refractivity contribution in [3.8, 4) is 5.75 Å². The Hall–Kier alpha value is -1.10. The van der Waals surface area contributed by atoms with Crippen molar-refractivity contribution in [1.82, 2.24) is 9.80 Å². The summed E-state index contributed by atoms with van der Waals surface area (Å²) in [5.41, 5.74) is 0.675. The summed E-state index contributed by atoms with van der Waals surface area (Å²) in [4.78, 5) is 4.81. The molecule has 1 N–H and O–H groups in total. The number of β-amino-alcohol motifs (C(OH)–C–C–N with tert-alkyl or cyclic N) is 1. The quantitative estimate of drug-likeness (QED) is 0.874. The van der Waals surface area contributed by atoms with Crippen molar-refractivity contribution in [2.45, 2.75) is 44.8 Å². The highest BCUT2D eigenvalue weighted by Gasteiger charge is 2.37. The van der Waals surface area contributed by atoms with E-state index in [0.717, 1.165) is 51.4 Å². The summed E-state index contributed by atoms with van der Waals surface area (Å²) >= 11 is 0. The molecule has 2 heterocycles. The topological polar surface area (TPSA) is 35.9 Å². The van der Waals surface area contributed by atoms with Gasteiger partial charge in [0.1, 0.15) is 5.75 Å². The number of hydrogen-bond donors (Lipinski definition) is 1. The third-order valence-corrected chi connectivity index (χ3v) is 5.04. The van der Waals surface area contributed by atoms with E-state index in [0.29, 0.717) is 6.61 Å². The van der Waals surface area contributed by atoms with E-state index in [2.05, 4.69) is 21.9 Å². The summed E-state index contributed by atoms with van der Waals surface area (Å²) in [6.45, 7) is 8.43. The van der Waals surface area contributed by atoms with E-state index in [1.807, 2.05) is 19.1 Å². The van der Waals surface area contributed by atoms with E-state index in [-0.39, 0.29) is 0 Å². The summed E-state index contributed by atoms with van der Waals surface area (Å²) in [6, 6.07) is 8.25. The first-order chi connectivity index (χ1) is 11.2.